The van der Waals surface area contributed by atoms with Crippen molar-refractivity contribution in [1.82, 2.24) is 20.4 Å². The van der Waals surface area contributed by atoms with Gasteiger partial charge in [-0.15, -0.1) is 5.10 Å². The van der Waals surface area contributed by atoms with Crippen LogP contribution in [0, 0.1) is 6.92 Å². The molecule has 0 fully saturated rings. The average molecular weight is 218 g/mol. The van der Waals surface area contributed by atoms with Gasteiger partial charge >= 0.3 is 0 Å². The molecule has 2 aromatic rings. The molecule has 0 atom stereocenters. The number of nitrogens with two attached hydrogens (primary N) is 1. The van der Waals surface area contributed by atoms with Crippen molar-refractivity contribution in [2.75, 3.05) is 11.1 Å². The summed E-state index contributed by atoms with van der Waals surface area (Å²) in [6.45, 7) is 1.74. The smallest absolute Gasteiger partial charge is 0.279 e. The van der Waals surface area contributed by atoms with Gasteiger partial charge < -0.3 is 11.1 Å². The number of carbonyl (C=O) groups is 1. The summed E-state index contributed by atoms with van der Waals surface area (Å²) in [7, 11) is 0. The molecule has 2 heterocycles. The van der Waals surface area contributed by atoms with E-state index in [1.54, 1.807) is 19.1 Å². The van der Waals surface area contributed by atoms with Crippen LogP contribution in [0.1, 0.15) is 16.2 Å². The SMILES string of the molecule is Cc1[nH]nc(C(=O)Nc2cccnn2)c1N. The Hall–Kier alpha value is -2.44. The predicted molar refractivity (Wildman–Crippen MR) is 57.7 cm³/mol. The largest absolute Gasteiger partial charge is 0.395 e. The van der Waals surface area contributed by atoms with Crippen LogP contribution >= 0.6 is 0 Å². The van der Waals surface area contributed by atoms with Gasteiger partial charge in [-0.05, 0) is 19.1 Å². The third-order valence-corrected chi connectivity index (χ3v) is 2.02. The number of hydrogen-bond donors (Lipinski definition) is 3. The second kappa shape index (κ2) is 3.97. The van der Waals surface area contributed by atoms with Gasteiger partial charge in [0.2, 0.25) is 0 Å². The van der Waals surface area contributed by atoms with E-state index >= 15 is 0 Å². The molecule has 0 aromatic carbocycles. The number of rotatable bonds is 2. The summed E-state index contributed by atoms with van der Waals surface area (Å²) in [5.41, 5.74) is 6.81. The van der Waals surface area contributed by atoms with Crippen LogP contribution in [0.5, 0.6) is 0 Å². The molecule has 0 saturated heterocycles. The van der Waals surface area contributed by atoms with Crippen molar-refractivity contribution in [2.45, 2.75) is 6.92 Å². The van der Waals surface area contributed by atoms with Crippen LogP contribution in [-0.4, -0.2) is 26.3 Å². The molecule has 82 valence electrons. The van der Waals surface area contributed by atoms with Crippen molar-refractivity contribution in [3.05, 3.63) is 29.7 Å². The highest BCUT2D eigenvalue weighted by atomic mass is 16.2. The van der Waals surface area contributed by atoms with Crippen molar-refractivity contribution in [3.8, 4) is 0 Å². The van der Waals surface area contributed by atoms with Crippen molar-refractivity contribution in [2.24, 2.45) is 0 Å². The molecule has 4 N–H and O–H groups in total. The van der Waals surface area contributed by atoms with Gasteiger partial charge in [-0.1, -0.05) is 0 Å². The van der Waals surface area contributed by atoms with Crippen molar-refractivity contribution >= 4 is 17.4 Å². The third kappa shape index (κ3) is 1.83. The molecule has 0 aliphatic heterocycles. The molecule has 2 aromatic heterocycles. The first-order valence-corrected chi connectivity index (χ1v) is 4.58. The molecule has 7 nitrogen and oxygen atoms in total. The highest BCUT2D eigenvalue weighted by molar-refractivity contribution is 6.05. The van der Waals surface area contributed by atoms with Crippen LogP contribution in [0.25, 0.3) is 0 Å². The van der Waals surface area contributed by atoms with Crippen LogP contribution < -0.4 is 11.1 Å². The quantitative estimate of drug-likeness (QED) is 0.673. The first-order chi connectivity index (χ1) is 7.68. The van der Waals surface area contributed by atoms with E-state index in [0.717, 1.165) is 0 Å². The number of aryl methyl sites for hydroxylation is 1. The Labute approximate surface area is 91.1 Å². The molecule has 0 aliphatic carbocycles. The highest BCUT2D eigenvalue weighted by Gasteiger charge is 2.15. The summed E-state index contributed by atoms with van der Waals surface area (Å²) in [5.74, 6) is -0.0603. The number of anilines is 2. The van der Waals surface area contributed by atoms with Crippen LogP contribution in [0.3, 0.4) is 0 Å². The van der Waals surface area contributed by atoms with E-state index in [9.17, 15) is 4.79 Å². The Bertz CT molecular complexity index is 506. The van der Waals surface area contributed by atoms with Crippen molar-refractivity contribution < 1.29 is 4.79 Å². The van der Waals surface area contributed by atoms with Crippen molar-refractivity contribution in [3.63, 3.8) is 0 Å². The number of nitrogens with one attached hydrogen (secondary N) is 2. The van der Waals surface area contributed by atoms with E-state index < -0.39 is 5.91 Å². The zero-order valence-electron chi connectivity index (χ0n) is 8.56. The number of nitrogens with zero attached hydrogens (tertiary/aromatic N) is 3. The maximum atomic E-state index is 11.7. The molecular formula is C9H10N6O. The Balaban J connectivity index is 2.18. The van der Waals surface area contributed by atoms with Gasteiger partial charge in [-0.3, -0.25) is 9.89 Å². The molecule has 0 spiro atoms. The molecule has 2 rings (SSSR count). The molecule has 0 unspecified atom stereocenters. The number of aromatic amines is 1. The van der Waals surface area contributed by atoms with E-state index in [2.05, 4.69) is 25.7 Å². The zero-order valence-corrected chi connectivity index (χ0v) is 8.56. The monoisotopic (exact) mass is 218 g/mol. The third-order valence-electron chi connectivity index (χ3n) is 2.02. The number of carbonyl (C=O) groups excluding carboxylic acids is 1. The second-order valence-electron chi connectivity index (χ2n) is 3.17. The molecule has 0 saturated carbocycles. The zero-order chi connectivity index (χ0) is 11.5. The molecule has 7 heteroatoms. The van der Waals surface area contributed by atoms with E-state index in [0.29, 0.717) is 17.2 Å². The van der Waals surface area contributed by atoms with Gasteiger partial charge in [0, 0.05) is 6.20 Å². The number of H-pyrrole nitrogens is 1. The summed E-state index contributed by atoms with van der Waals surface area (Å²) in [5, 5.41) is 16.3. The molecule has 16 heavy (non-hydrogen) atoms. The first-order valence-electron chi connectivity index (χ1n) is 4.58. The molecule has 0 aliphatic rings. The Morgan fingerprint density at radius 2 is 2.38 bits per heavy atom. The summed E-state index contributed by atoms with van der Waals surface area (Å²) in [6.07, 6.45) is 1.52. The topological polar surface area (TPSA) is 110 Å². The lowest BCUT2D eigenvalue weighted by Gasteiger charge is -2.00. The fourth-order valence-corrected chi connectivity index (χ4v) is 1.15. The highest BCUT2D eigenvalue weighted by Crippen LogP contribution is 2.13. The standard InChI is InChI=1S/C9H10N6O/c1-5-7(10)8(15-13-5)9(16)12-6-3-2-4-11-14-6/h2-4H,10H2,1H3,(H,13,15)(H,12,14,16). The minimum Gasteiger partial charge on any atom is -0.395 e. The van der Waals surface area contributed by atoms with Gasteiger partial charge in [0.05, 0.1) is 11.4 Å². The minimum absolute atomic E-state index is 0.156. The van der Waals surface area contributed by atoms with Gasteiger partial charge in [-0.25, -0.2) is 0 Å². The lowest BCUT2D eigenvalue weighted by Crippen LogP contribution is -2.15. The van der Waals surface area contributed by atoms with Gasteiger partial charge in [-0.2, -0.15) is 10.2 Å². The molecule has 0 bridgehead atoms. The predicted octanol–water partition coefficient (Wildman–Crippen LogP) is 0.343. The van der Waals surface area contributed by atoms with Gasteiger partial charge in [0.25, 0.3) is 5.91 Å². The van der Waals surface area contributed by atoms with Crippen LogP contribution in [-0.2, 0) is 0 Å². The molecule has 0 radical (unpaired) electrons. The van der Waals surface area contributed by atoms with E-state index in [1.807, 2.05) is 0 Å². The fraction of sp³-hybridized carbons (Fsp3) is 0.111. The van der Waals surface area contributed by atoms with Crippen LogP contribution in [0.2, 0.25) is 0 Å². The average Bonchev–Trinajstić information content (AvgIpc) is 2.61. The number of aromatic nitrogens is 4. The summed E-state index contributed by atoms with van der Waals surface area (Å²) in [4.78, 5) is 11.7. The van der Waals surface area contributed by atoms with Crippen molar-refractivity contribution in [1.29, 1.82) is 0 Å². The molecular weight excluding hydrogens is 208 g/mol. The number of nitrogen functional groups attached to an aromatic ring is 1. The second-order valence-corrected chi connectivity index (χ2v) is 3.17. The Morgan fingerprint density at radius 3 is 2.94 bits per heavy atom. The minimum atomic E-state index is -0.414. The summed E-state index contributed by atoms with van der Waals surface area (Å²) < 4.78 is 0. The molecule has 1 amide bonds. The maximum Gasteiger partial charge on any atom is 0.279 e. The van der Waals surface area contributed by atoms with Crippen LogP contribution in [0.15, 0.2) is 18.3 Å². The maximum absolute atomic E-state index is 11.7. The van der Waals surface area contributed by atoms with Crippen LogP contribution in [0.4, 0.5) is 11.5 Å². The fourth-order valence-electron chi connectivity index (χ4n) is 1.15. The Morgan fingerprint density at radius 1 is 1.56 bits per heavy atom. The van der Waals surface area contributed by atoms with E-state index in [-0.39, 0.29) is 5.69 Å². The summed E-state index contributed by atoms with van der Waals surface area (Å²) in [6, 6.07) is 3.29. The van der Waals surface area contributed by atoms with Gasteiger partial charge in [0.15, 0.2) is 11.5 Å². The first kappa shape index (κ1) is 10.1. The van der Waals surface area contributed by atoms with E-state index in [4.69, 9.17) is 5.73 Å². The lowest BCUT2D eigenvalue weighted by atomic mass is 10.3. The number of hydrogen-bond acceptors (Lipinski definition) is 5. The lowest BCUT2D eigenvalue weighted by molar-refractivity contribution is 0.102. The van der Waals surface area contributed by atoms with Gasteiger partial charge in [0.1, 0.15) is 0 Å². The number of amides is 1. The normalized spacial score (nSPS) is 10.1. The summed E-state index contributed by atoms with van der Waals surface area (Å²) >= 11 is 0. The Kier molecular flexibility index (Phi) is 2.50. The van der Waals surface area contributed by atoms with E-state index in [1.165, 1.54) is 6.20 Å².